The normalized spacial score (nSPS) is 14.9. The van der Waals surface area contributed by atoms with Gasteiger partial charge in [0.2, 0.25) is 5.96 Å². The maximum Gasteiger partial charge on any atom is 0.217 e. The summed E-state index contributed by atoms with van der Waals surface area (Å²) in [5, 5.41) is 11.3. The van der Waals surface area contributed by atoms with Crippen molar-refractivity contribution >= 4 is 5.96 Å². The Morgan fingerprint density at radius 2 is 2.27 bits per heavy atom. The quantitative estimate of drug-likeness (QED) is 0.499. The van der Waals surface area contributed by atoms with Crippen LogP contribution in [0.4, 0.5) is 0 Å². The highest BCUT2D eigenvalue weighted by atomic mass is 15.3. The number of aliphatic imine (C=N–C) groups is 1. The third kappa shape index (κ3) is 1.59. The van der Waals surface area contributed by atoms with E-state index in [2.05, 4.69) is 15.3 Å². The van der Waals surface area contributed by atoms with E-state index < -0.39 is 0 Å². The molecule has 5 nitrogen and oxygen atoms in total. The molecule has 1 aliphatic heterocycles. The first-order valence-electron chi connectivity index (χ1n) is 4.99. The molecule has 0 aromatic carbocycles. The van der Waals surface area contributed by atoms with Crippen LogP contribution in [0.5, 0.6) is 0 Å². The van der Waals surface area contributed by atoms with Crippen LogP contribution in [0.1, 0.15) is 23.6 Å². The summed E-state index contributed by atoms with van der Waals surface area (Å²) < 4.78 is 1.94. The number of rotatable bonds is 0. The highest BCUT2D eigenvalue weighted by Crippen LogP contribution is 2.13. The molecule has 0 bridgehead atoms. The van der Waals surface area contributed by atoms with Gasteiger partial charge >= 0.3 is 0 Å². The number of fused-ring (bicyclic) bond motifs is 1. The first-order chi connectivity index (χ1) is 7.24. The topological polar surface area (TPSA) is 66.0 Å². The summed E-state index contributed by atoms with van der Waals surface area (Å²) in [6.45, 7) is 4.71. The zero-order valence-electron chi connectivity index (χ0n) is 8.91. The summed E-state index contributed by atoms with van der Waals surface area (Å²) in [7, 11) is 0. The van der Waals surface area contributed by atoms with E-state index in [9.17, 15) is 0 Å². The summed E-state index contributed by atoms with van der Waals surface area (Å²) in [5.74, 6) is 1.59. The Kier molecular flexibility index (Phi) is 2.42. The molecular formula is C10H13N5. The second-order valence-corrected chi connectivity index (χ2v) is 3.58. The molecule has 15 heavy (non-hydrogen) atoms. The van der Waals surface area contributed by atoms with Crippen molar-refractivity contribution in [2.75, 3.05) is 6.54 Å². The van der Waals surface area contributed by atoms with Crippen LogP contribution in [0.15, 0.2) is 4.99 Å². The Hall–Kier alpha value is -1.83. The van der Waals surface area contributed by atoms with Gasteiger partial charge in [-0.3, -0.25) is 14.9 Å². The van der Waals surface area contributed by atoms with Crippen LogP contribution >= 0.6 is 0 Å². The van der Waals surface area contributed by atoms with Crippen LogP contribution in [0.25, 0.3) is 0 Å². The number of nitrogens with one attached hydrogen (secondary N) is 1. The lowest BCUT2D eigenvalue weighted by Crippen LogP contribution is -2.28. The Bertz CT molecular complexity index is 449. The van der Waals surface area contributed by atoms with Gasteiger partial charge in [-0.2, -0.15) is 5.26 Å². The second kappa shape index (κ2) is 3.73. The Balaban J connectivity index is 2.53. The Labute approximate surface area is 88.5 Å². The molecule has 1 aromatic heterocycles. The molecule has 5 heteroatoms. The van der Waals surface area contributed by atoms with E-state index in [-0.39, 0.29) is 0 Å². The summed E-state index contributed by atoms with van der Waals surface area (Å²) in [6.07, 6.45) is 3.80. The van der Waals surface area contributed by atoms with Crippen molar-refractivity contribution in [1.29, 1.82) is 5.26 Å². The van der Waals surface area contributed by atoms with Crippen molar-refractivity contribution in [2.24, 2.45) is 4.99 Å². The summed E-state index contributed by atoms with van der Waals surface area (Å²) in [4.78, 5) is 8.81. The largest absolute Gasteiger partial charge is 0.270 e. The molecule has 0 radical (unpaired) electrons. The van der Waals surface area contributed by atoms with Gasteiger partial charge in [-0.25, -0.2) is 4.98 Å². The number of aryl methyl sites for hydroxylation is 2. The van der Waals surface area contributed by atoms with Crippen LogP contribution in [0, 0.1) is 25.3 Å². The van der Waals surface area contributed by atoms with Gasteiger partial charge < -0.3 is 0 Å². The van der Waals surface area contributed by atoms with Crippen LogP contribution in [0.2, 0.25) is 0 Å². The molecule has 0 aliphatic carbocycles. The summed E-state index contributed by atoms with van der Waals surface area (Å²) in [6, 6.07) is 0. The van der Waals surface area contributed by atoms with Crippen LogP contribution in [-0.2, 0) is 6.42 Å². The predicted molar refractivity (Wildman–Crippen MR) is 56.5 cm³/mol. The molecule has 0 atom stereocenters. The fourth-order valence-electron chi connectivity index (χ4n) is 1.77. The maximum absolute atomic E-state index is 8.66. The van der Waals surface area contributed by atoms with Crippen molar-refractivity contribution in [3.63, 3.8) is 0 Å². The van der Waals surface area contributed by atoms with Crippen molar-refractivity contribution in [1.82, 2.24) is 14.9 Å². The van der Waals surface area contributed by atoms with Gasteiger partial charge in [-0.1, -0.05) is 0 Å². The molecule has 0 saturated heterocycles. The van der Waals surface area contributed by atoms with Crippen molar-refractivity contribution in [3.8, 4) is 6.19 Å². The van der Waals surface area contributed by atoms with Gasteiger partial charge in [0.25, 0.3) is 0 Å². The predicted octanol–water partition coefficient (Wildman–Crippen LogP) is 0.721. The molecule has 0 spiro atoms. The number of aromatic nitrogens is 2. The molecule has 2 heterocycles. The number of hydrogen-bond acceptors (Lipinski definition) is 4. The maximum atomic E-state index is 8.66. The van der Waals surface area contributed by atoms with Crippen molar-refractivity contribution < 1.29 is 0 Å². The number of hydrogen-bond donors (Lipinski definition) is 1. The van der Waals surface area contributed by atoms with Gasteiger partial charge in [-0.15, -0.1) is 0 Å². The minimum atomic E-state index is 0.600. The van der Waals surface area contributed by atoms with Crippen LogP contribution < -0.4 is 5.32 Å². The van der Waals surface area contributed by atoms with Crippen molar-refractivity contribution in [3.05, 3.63) is 17.2 Å². The third-order valence-electron chi connectivity index (χ3n) is 2.61. The van der Waals surface area contributed by atoms with E-state index >= 15 is 0 Å². The number of imidazole rings is 1. The van der Waals surface area contributed by atoms with E-state index in [1.807, 2.05) is 24.6 Å². The van der Waals surface area contributed by atoms with Gasteiger partial charge in [0.05, 0.1) is 5.69 Å². The lowest BCUT2D eigenvalue weighted by atomic mass is 10.3. The molecule has 0 fully saturated rings. The Morgan fingerprint density at radius 3 is 3.00 bits per heavy atom. The summed E-state index contributed by atoms with van der Waals surface area (Å²) in [5.41, 5.74) is 2.05. The molecular weight excluding hydrogens is 190 g/mol. The molecule has 0 unspecified atom stereocenters. The summed E-state index contributed by atoms with van der Waals surface area (Å²) >= 11 is 0. The first kappa shape index (κ1) is 9.71. The smallest absolute Gasteiger partial charge is 0.217 e. The second-order valence-electron chi connectivity index (χ2n) is 3.58. The Morgan fingerprint density at radius 1 is 1.47 bits per heavy atom. The SMILES string of the molecule is Cc1nc2n(c1C)C(NC#N)=NCCC2. The van der Waals surface area contributed by atoms with Crippen LogP contribution in [0.3, 0.4) is 0 Å². The van der Waals surface area contributed by atoms with Gasteiger partial charge in [-0.05, 0) is 20.3 Å². The van der Waals surface area contributed by atoms with E-state index in [1.165, 1.54) is 0 Å². The fraction of sp³-hybridized carbons (Fsp3) is 0.500. The zero-order chi connectivity index (χ0) is 10.8. The molecule has 0 amide bonds. The average Bonchev–Trinajstić information content (AvgIpc) is 2.38. The first-order valence-corrected chi connectivity index (χ1v) is 4.99. The standard InChI is InChI=1S/C10H13N5/c1-7-8(2)15-9(14-7)4-3-5-12-10(15)13-6-11/h3-5H2,1-2H3,(H,12,13). The highest BCUT2D eigenvalue weighted by molar-refractivity contribution is 5.85. The lowest BCUT2D eigenvalue weighted by Gasteiger charge is -2.07. The minimum Gasteiger partial charge on any atom is -0.270 e. The molecule has 1 N–H and O–H groups in total. The molecule has 1 aliphatic rings. The van der Waals surface area contributed by atoms with Crippen molar-refractivity contribution in [2.45, 2.75) is 26.7 Å². The van der Waals surface area contributed by atoms with E-state index in [0.29, 0.717) is 5.96 Å². The fourth-order valence-corrected chi connectivity index (χ4v) is 1.77. The van der Waals surface area contributed by atoms with Gasteiger partial charge in [0.15, 0.2) is 6.19 Å². The molecule has 1 aromatic rings. The van der Waals surface area contributed by atoms with Crippen LogP contribution in [-0.4, -0.2) is 22.1 Å². The number of nitrogens with zero attached hydrogens (tertiary/aromatic N) is 4. The monoisotopic (exact) mass is 203 g/mol. The van der Waals surface area contributed by atoms with E-state index in [4.69, 9.17) is 5.26 Å². The highest BCUT2D eigenvalue weighted by Gasteiger charge is 2.17. The lowest BCUT2D eigenvalue weighted by molar-refractivity contribution is 0.801. The average molecular weight is 203 g/mol. The van der Waals surface area contributed by atoms with E-state index in [1.54, 1.807) is 0 Å². The zero-order valence-corrected chi connectivity index (χ0v) is 8.91. The third-order valence-corrected chi connectivity index (χ3v) is 2.61. The van der Waals surface area contributed by atoms with Gasteiger partial charge in [0, 0.05) is 18.7 Å². The van der Waals surface area contributed by atoms with E-state index in [0.717, 1.165) is 36.6 Å². The van der Waals surface area contributed by atoms with Gasteiger partial charge in [0.1, 0.15) is 5.82 Å². The molecule has 0 saturated carbocycles. The molecule has 2 rings (SSSR count). The number of nitriles is 1. The molecule has 78 valence electrons. The minimum absolute atomic E-state index is 0.600.